The molecule has 0 aliphatic carbocycles. The van der Waals surface area contributed by atoms with Gasteiger partial charge in [0.25, 0.3) is 5.56 Å². The molecule has 0 amide bonds. The fraction of sp³-hybridized carbons (Fsp3) is 0.0526. The van der Waals surface area contributed by atoms with Crippen LogP contribution in [-0.2, 0) is 7.05 Å². The highest BCUT2D eigenvalue weighted by molar-refractivity contribution is 9.10. The minimum absolute atomic E-state index is 0.135. The van der Waals surface area contributed by atoms with Crippen molar-refractivity contribution in [1.29, 1.82) is 5.26 Å². The molecule has 5 heteroatoms. The van der Waals surface area contributed by atoms with Crippen molar-refractivity contribution in [3.8, 4) is 11.8 Å². The van der Waals surface area contributed by atoms with Crippen molar-refractivity contribution in [3.63, 3.8) is 0 Å². The summed E-state index contributed by atoms with van der Waals surface area (Å²) >= 11 is 3.41. The molecule has 0 saturated carbocycles. The third-order valence-corrected chi connectivity index (χ3v) is 4.80. The number of hydrogen-bond acceptors (Lipinski definition) is 2. The molecule has 0 radical (unpaired) electrons. The molecule has 2 aromatic carbocycles. The number of nitriles is 1. The predicted octanol–water partition coefficient (Wildman–Crippen LogP) is 4.12. The lowest BCUT2D eigenvalue weighted by atomic mass is 10.2. The topological polar surface area (TPSA) is 50.7 Å². The Balaban J connectivity index is 2.28. The highest BCUT2D eigenvalue weighted by Crippen LogP contribution is 2.29. The number of pyridine rings is 1. The predicted molar refractivity (Wildman–Crippen MR) is 98.4 cm³/mol. The van der Waals surface area contributed by atoms with Gasteiger partial charge in [-0.25, -0.2) is 0 Å². The molecule has 4 aromatic rings. The van der Waals surface area contributed by atoms with Gasteiger partial charge >= 0.3 is 0 Å². The van der Waals surface area contributed by atoms with Crippen molar-refractivity contribution in [2.75, 3.05) is 0 Å². The van der Waals surface area contributed by atoms with Gasteiger partial charge in [0, 0.05) is 22.6 Å². The fourth-order valence-corrected chi connectivity index (χ4v) is 3.39. The third kappa shape index (κ3) is 2.00. The van der Waals surface area contributed by atoms with Gasteiger partial charge in [-0.2, -0.15) is 5.26 Å². The van der Waals surface area contributed by atoms with E-state index in [9.17, 15) is 10.1 Å². The van der Waals surface area contributed by atoms with Crippen LogP contribution in [0.2, 0.25) is 0 Å². The first-order valence-electron chi connectivity index (χ1n) is 7.41. The molecule has 0 fully saturated rings. The number of aromatic nitrogens is 2. The molecule has 0 aliphatic heterocycles. The summed E-state index contributed by atoms with van der Waals surface area (Å²) in [5, 5.41) is 10.4. The summed E-state index contributed by atoms with van der Waals surface area (Å²) < 4.78 is 4.58. The maximum Gasteiger partial charge on any atom is 0.273 e. The zero-order chi connectivity index (χ0) is 16.8. The lowest BCUT2D eigenvalue weighted by Gasteiger charge is -2.10. The van der Waals surface area contributed by atoms with Crippen LogP contribution in [0.4, 0.5) is 0 Å². The summed E-state index contributed by atoms with van der Waals surface area (Å²) in [5.74, 6) is 0. The average molecular weight is 378 g/mol. The van der Waals surface area contributed by atoms with Gasteiger partial charge in [0.2, 0.25) is 0 Å². The van der Waals surface area contributed by atoms with Crippen molar-refractivity contribution in [2.24, 2.45) is 7.05 Å². The van der Waals surface area contributed by atoms with Crippen LogP contribution in [0, 0.1) is 11.3 Å². The van der Waals surface area contributed by atoms with Crippen molar-refractivity contribution in [2.45, 2.75) is 0 Å². The van der Waals surface area contributed by atoms with Gasteiger partial charge in [-0.05, 0) is 36.4 Å². The molecule has 0 saturated heterocycles. The fourth-order valence-electron chi connectivity index (χ4n) is 3.13. The molecule has 0 spiro atoms. The van der Waals surface area contributed by atoms with Crippen molar-refractivity contribution >= 4 is 37.9 Å². The Morgan fingerprint density at radius 1 is 1.04 bits per heavy atom. The summed E-state index contributed by atoms with van der Waals surface area (Å²) in [6.45, 7) is 0. The van der Waals surface area contributed by atoms with Crippen LogP contribution < -0.4 is 5.56 Å². The van der Waals surface area contributed by atoms with Gasteiger partial charge < -0.3 is 4.57 Å². The van der Waals surface area contributed by atoms with Crippen LogP contribution in [0.25, 0.3) is 27.6 Å². The van der Waals surface area contributed by atoms with Crippen molar-refractivity contribution in [3.05, 3.63) is 75.0 Å². The Labute approximate surface area is 146 Å². The number of benzene rings is 2. The minimum Gasteiger partial charge on any atom is -0.342 e. The normalized spacial score (nSPS) is 11.0. The Morgan fingerprint density at radius 3 is 2.46 bits per heavy atom. The summed E-state index contributed by atoms with van der Waals surface area (Å²) in [6.07, 6.45) is 0. The maximum absolute atomic E-state index is 12.9. The molecular weight excluding hydrogens is 366 g/mol. The number of nitrogens with zero attached hydrogens (tertiary/aromatic N) is 3. The van der Waals surface area contributed by atoms with Crippen LogP contribution in [-0.4, -0.2) is 9.13 Å². The second-order valence-electron chi connectivity index (χ2n) is 5.60. The zero-order valence-electron chi connectivity index (χ0n) is 12.8. The van der Waals surface area contributed by atoms with Crippen LogP contribution in [0.15, 0.2) is 63.9 Å². The first-order valence-corrected chi connectivity index (χ1v) is 8.20. The highest BCUT2D eigenvalue weighted by Gasteiger charge is 2.17. The number of hydrogen-bond donors (Lipinski definition) is 0. The van der Waals surface area contributed by atoms with E-state index in [4.69, 9.17) is 0 Å². The van der Waals surface area contributed by atoms with Gasteiger partial charge in [-0.1, -0.05) is 34.1 Å². The number of halogens is 1. The molecule has 4 nitrogen and oxygen atoms in total. The molecule has 4 rings (SSSR count). The summed E-state index contributed by atoms with van der Waals surface area (Å²) in [4.78, 5) is 12.9. The lowest BCUT2D eigenvalue weighted by Crippen LogP contribution is -2.21. The van der Waals surface area contributed by atoms with E-state index in [1.54, 1.807) is 10.6 Å². The number of rotatable bonds is 1. The maximum atomic E-state index is 12.9. The molecule has 0 bridgehead atoms. The van der Waals surface area contributed by atoms with E-state index in [2.05, 4.69) is 15.9 Å². The van der Waals surface area contributed by atoms with E-state index < -0.39 is 0 Å². The second-order valence-corrected chi connectivity index (χ2v) is 6.51. The zero-order valence-corrected chi connectivity index (χ0v) is 14.4. The third-order valence-electron chi connectivity index (χ3n) is 4.27. The first kappa shape index (κ1) is 14.7. The highest BCUT2D eigenvalue weighted by atomic mass is 79.9. The molecule has 24 heavy (non-hydrogen) atoms. The molecule has 0 N–H and O–H groups in total. The van der Waals surface area contributed by atoms with E-state index in [0.717, 1.165) is 32.1 Å². The number of aryl methyl sites for hydroxylation is 1. The van der Waals surface area contributed by atoms with E-state index in [-0.39, 0.29) is 11.1 Å². The van der Waals surface area contributed by atoms with Gasteiger partial charge in [0.05, 0.1) is 16.6 Å². The largest absolute Gasteiger partial charge is 0.342 e. The monoisotopic (exact) mass is 377 g/mol. The van der Waals surface area contributed by atoms with E-state index >= 15 is 0 Å². The quantitative estimate of drug-likeness (QED) is 0.500. The van der Waals surface area contributed by atoms with Crippen molar-refractivity contribution < 1.29 is 0 Å². The van der Waals surface area contributed by atoms with Crippen molar-refractivity contribution in [1.82, 2.24) is 9.13 Å². The van der Waals surface area contributed by atoms with Crippen LogP contribution >= 0.6 is 15.9 Å². The molecule has 116 valence electrons. The smallest absolute Gasteiger partial charge is 0.273 e. The minimum atomic E-state index is -0.302. The number of para-hydroxylation sites is 1. The molecule has 2 heterocycles. The molecule has 0 aliphatic rings. The second kappa shape index (κ2) is 5.36. The van der Waals surface area contributed by atoms with Crippen LogP contribution in [0.1, 0.15) is 5.56 Å². The average Bonchev–Trinajstić information content (AvgIpc) is 2.88. The van der Waals surface area contributed by atoms with E-state index in [1.165, 1.54) is 0 Å². The first-order chi connectivity index (χ1) is 11.6. The summed E-state index contributed by atoms with van der Waals surface area (Å²) in [6, 6.07) is 19.1. The van der Waals surface area contributed by atoms with Gasteiger partial charge in [0.1, 0.15) is 11.6 Å². The Hall–Kier alpha value is -2.84. The Morgan fingerprint density at radius 2 is 1.75 bits per heavy atom. The molecule has 2 aromatic heterocycles. The van der Waals surface area contributed by atoms with Crippen LogP contribution in [0.3, 0.4) is 0 Å². The van der Waals surface area contributed by atoms with Gasteiger partial charge in [-0.3, -0.25) is 9.36 Å². The summed E-state index contributed by atoms with van der Waals surface area (Å²) in [7, 11) is 1.95. The molecular formula is C19H12BrN3O. The Kier molecular flexibility index (Phi) is 3.29. The molecule has 0 atom stereocenters. The van der Waals surface area contributed by atoms with Gasteiger partial charge in [0.15, 0.2) is 0 Å². The Bertz CT molecular complexity index is 1190. The number of fused-ring (bicyclic) bond motifs is 3. The standard InChI is InChI=1S/C19H12BrN3O/c1-22-16-5-3-2-4-15(16)18-17(22)10-12(11-21)19(24)23(18)14-8-6-13(20)7-9-14/h2-10H,1H3. The lowest BCUT2D eigenvalue weighted by molar-refractivity contribution is 0.990. The van der Waals surface area contributed by atoms with E-state index in [1.807, 2.05) is 66.2 Å². The SMILES string of the molecule is Cn1c2ccccc2c2c1cc(C#N)c(=O)n2-c1ccc(Br)cc1. The molecule has 0 unspecified atom stereocenters. The van der Waals surface area contributed by atoms with Crippen LogP contribution in [0.5, 0.6) is 0 Å². The van der Waals surface area contributed by atoms with Gasteiger partial charge in [-0.15, -0.1) is 0 Å². The summed E-state index contributed by atoms with van der Waals surface area (Å²) in [5.41, 5.74) is 3.27. The van der Waals surface area contributed by atoms with E-state index in [0.29, 0.717) is 0 Å².